The maximum absolute atomic E-state index is 11.2. The van der Waals surface area contributed by atoms with Crippen LogP contribution in [0.5, 0.6) is 0 Å². The molecule has 1 saturated carbocycles. The monoisotopic (exact) mass is 255 g/mol. The maximum atomic E-state index is 11.2. The van der Waals surface area contributed by atoms with Crippen LogP contribution in [0, 0.1) is 11.3 Å². The molecule has 0 spiro atoms. The van der Waals surface area contributed by atoms with E-state index in [9.17, 15) is 5.11 Å². The standard InChI is InChI=1S/C15H29NO2/c1-11-4-6-14(10-16,7-5-11)15(17)8-12(2)18-13(3)9-15/h11-13,17H,4-10,16H2,1-3H3. The van der Waals surface area contributed by atoms with Crippen LogP contribution < -0.4 is 5.73 Å². The second-order valence-electron chi connectivity index (χ2n) is 6.86. The summed E-state index contributed by atoms with van der Waals surface area (Å²) < 4.78 is 5.78. The van der Waals surface area contributed by atoms with Gasteiger partial charge in [0.05, 0.1) is 17.8 Å². The highest BCUT2D eigenvalue weighted by molar-refractivity contribution is 5.04. The van der Waals surface area contributed by atoms with Gasteiger partial charge < -0.3 is 15.6 Å². The highest BCUT2D eigenvalue weighted by Gasteiger charge is 2.53. The first-order valence-electron chi connectivity index (χ1n) is 7.49. The van der Waals surface area contributed by atoms with Crippen LogP contribution in [0.15, 0.2) is 0 Å². The summed E-state index contributed by atoms with van der Waals surface area (Å²) in [4.78, 5) is 0. The van der Waals surface area contributed by atoms with Gasteiger partial charge in [-0.2, -0.15) is 0 Å². The first-order valence-corrected chi connectivity index (χ1v) is 7.49. The lowest BCUT2D eigenvalue weighted by atomic mass is 9.58. The topological polar surface area (TPSA) is 55.5 Å². The van der Waals surface area contributed by atoms with Crippen LogP contribution >= 0.6 is 0 Å². The highest BCUT2D eigenvalue weighted by Crippen LogP contribution is 2.51. The molecule has 3 nitrogen and oxygen atoms in total. The van der Waals surface area contributed by atoms with E-state index in [2.05, 4.69) is 20.8 Å². The molecule has 0 aromatic carbocycles. The fourth-order valence-corrected chi connectivity index (χ4v) is 4.13. The van der Waals surface area contributed by atoms with Gasteiger partial charge >= 0.3 is 0 Å². The molecular weight excluding hydrogens is 226 g/mol. The van der Waals surface area contributed by atoms with E-state index in [0.29, 0.717) is 6.54 Å². The van der Waals surface area contributed by atoms with Gasteiger partial charge in [-0.15, -0.1) is 0 Å². The third kappa shape index (κ3) is 2.45. The molecule has 3 heteroatoms. The summed E-state index contributed by atoms with van der Waals surface area (Å²) in [6.07, 6.45) is 6.29. The summed E-state index contributed by atoms with van der Waals surface area (Å²) in [5.41, 5.74) is 5.39. The van der Waals surface area contributed by atoms with Crippen LogP contribution in [0.4, 0.5) is 0 Å². The molecule has 0 radical (unpaired) electrons. The molecule has 2 rings (SSSR count). The van der Waals surface area contributed by atoms with E-state index in [1.807, 2.05) is 0 Å². The van der Waals surface area contributed by atoms with Crippen molar-refractivity contribution >= 4 is 0 Å². The van der Waals surface area contributed by atoms with E-state index in [0.717, 1.165) is 31.6 Å². The van der Waals surface area contributed by atoms with Crippen LogP contribution in [0.2, 0.25) is 0 Å². The molecule has 1 aliphatic carbocycles. The van der Waals surface area contributed by atoms with E-state index in [1.54, 1.807) is 0 Å². The smallest absolute Gasteiger partial charge is 0.0764 e. The first-order chi connectivity index (χ1) is 8.41. The van der Waals surface area contributed by atoms with Gasteiger partial charge in [-0.05, 0) is 32.6 Å². The Morgan fingerprint density at radius 1 is 1.11 bits per heavy atom. The molecule has 1 saturated heterocycles. The van der Waals surface area contributed by atoms with Gasteiger partial charge in [0.2, 0.25) is 0 Å². The Balaban J connectivity index is 2.19. The molecule has 106 valence electrons. The van der Waals surface area contributed by atoms with Crippen LogP contribution in [0.3, 0.4) is 0 Å². The molecule has 2 unspecified atom stereocenters. The normalized spacial score (nSPS) is 50.2. The zero-order valence-electron chi connectivity index (χ0n) is 12.1. The average Bonchev–Trinajstić information content (AvgIpc) is 2.28. The van der Waals surface area contributed by atoms with Crippen molar-refractivity contribution in [2.75, 3.05) is 6.54 Å². The van der Waals surface area contributed by atoms with E-state index < -0.39 is 5.60 Å². The molecule has 2 atom stereocenters. The summed E-state index contributed by atoms with van der Waals surface area (Å²) in [7, 11) is 0. The molecule has 0 aromatic heterocycles. The minimum atomic E-state index is -0.626. The van der Waals surface area contributed by atoms with Crippen molar-refractivity contribution in [3.05, 3.63) is 0 Å². The summed E-state index contributed by atoms with van der Waals surface area (Å²) in [5.74, 6) is 0.781. The van der Waals surface area contributed by atoms with E-state index in [-0.39, 0.29) is 17.6 Å². The van der Waals surface area contributed by atoms with Gasteiger partial charge in [0.15, 0.2) is 0 Å². The summed E-state index contributed by atoms with van der Waals surface area (Å²) in [6, 6.07) is 0. The van der Waals surface area contributed by atoms with Crippen molar-refractivity contribution in [1.82, 2.24) is 0 Å². The van der Waals surface area contributed by atoms with Gasteiger partial charge in [-0.1, -0.05) is 19.8 Å². The molecule has 1 heterocycles. The van der Waals surface area contributed by atoms with Crippen molar-refractivity contribution in [2.24, 2.45) is 17.1 Å². The first kappa shape index (κ1) is 14.3. The number of aliphatic hydroxyl groups is 1. The fourth-order valence-electron chi connectivity index (χ4n) is 4.13. The largest absolute Gasteiger partial charge is 0.389 e. The molecule has 2 fully saturated rings. The van der Waals surface area contributed by atoms with Crippen molar-refractivity contribution in [3.8, 4) is 0 Å². The molecule has 2 aliphatic rings. The Bertz CT molecular complexity index is 274. The van der Waals surface area contributed by atoms with Gasteiger partial charge in [-0.3, -0.25) is 0 Å². The number of ether oxygens (including phenoxy) is 1. The second kappa shape index (κ2) is 5.10. The van der Waals surface area contributed by atoms with Crippen LogP contribution in [0.25, 0.3) is 0 Å². The maximum Gasteiger partial charge on any atom is 0.0764 e. The Morgan fingerprint density at radius 3 is 2.06 bits per heavy atom. The van der Waals surface area contributed by atoms with Crippen molar-refractivity contribution in [2.45, 2.75) is 77.1 Å². The molecule has 3 N–H and O–H groups in total. The van der Waals surface area contributed by atoms with Gasteiger partial charge in [-0.25, -0.2) is 0 Å². The number of hydrogen-bond acceptors (Lipinski definition) is 3. The Kier molecular flexibility index (Phi) is 4.05. The van der Waals surface area contributed by atoms with Gasteiger partial charge in [0.1, 0.15) is 0 Å². The quantitative estimate of drug-likeness (QED) is 0.797. The minimum absolute atomic E-state index is 0.0776. The number of rotatable bonds is 2. The third-order valence-electron chi connectivity index (χ3n) is 5.32. The summed E-state index contributed by atoms with van der Waals surface area (Å²) in [6.45, 7) is 7.04. The average molecular weight is 255 g/mol. The van der Waals surface area contributed by atoms with Gasteiger partial charge in [0.25, 0.3) is 0 Å². The number of nitrogens with two attached hydrogens (primary N) is 1. The Labute approximate surface area is 111 Å². The summed E-state index contributed by atoms with van der Waals surface area (Å²) in [5, 5.41) is 11.2. The molecule has 1 aliphatic heterocycles. The lowest BCUT2D eigenvalue weighted by Gasteiger charge is -2.54. The SMILES string of the molecule is CC1CCC(CN)(C2(O)CC(C)OC(C)C2)CC1. The molecule has 0 aromatic rings. The predicted molar refractivity (Wildman–Crippen MR) is 73.3 cm³/mol. The molecular formula is C15H29NO2. The van der Waals surface area contributed by atoms with Crippen LogP contribution in [0.1, 0.15) is 59.3 Å². The number of hydrogen-bond donors (Lipinski definition) is 2. The van der Waals surface area contributed by atoms with Crippen molar-refractivity contribution in [1.29, 1.82) is 0 Å². The third-order valence-corrected chi connectivity index (χ3v) is 5.32. The van der Waals surface area contributed by atoms with Crippen LogP contribution in [-0.2, 0) is 4.74 Å². The Morgan fingerprint density at radius 2 is 1.61 bits per heavy atom. The zero-order chi connectivity index (χ0) is 13.4. The minimum Gasteiger partial charge on any atom is -0.389 e. The van der Waals surface area contributed by atoms with Gasteiger partial charge in [0, 0.05) is 24.8 Å². The van der Waals surface area contributed by atoms with E-state index >= 15 is 0 Å². The Hall–Kier alpha value is -0.120. The fraction of sp³-hybridized carbons (Fsp3) is 1.00. The van der Waals surface area contributed by atoms with E-state index in [1.165, 1.54) is 12.8 Å². The van der Waals surface area contributed by atoms with Crippen molar-refractivity contribution in [3.63, 3.8) is 0 Å². The van der Waals surface area contributed by atoms with Crippen molar-refractivity contribution < 1.29 is 9.84 Å². The highest BCUT2D eigenvalue weighted by atomic mass is 16.5. The van der Waals surface area contributed by atoms with Crippen LogP contribution in [-0.4, -0.2) is 29.5 Å². The molecule has 0 amide bonds. The lowest BCUT2D eigenvalue weighted by molar-refractivity contribution is -0.194. The summed E-state index contributed by atoms with van der Waals surface area (Å²) >= 11 is 0. The molecule has 0 bridgehead atoms. The lowest BCUT2D eigenvalue weighted by Crippen LogP contribution is -2.59. The zero-order valence-corrected chi connectivity index (χ0v) is 12.1. The molecule has 18 heavy (non-hydrogen) atoms. The second-order valence-corrected chi connectivity index (χ2v) is 6.86. The van der Waals surface area contributed by atoms with E-state index in [4.69, 9.17) is 10.5 Å². The predicted octanol–water partition coefficient (Wildman–Crippen LogP) is 2.46.